The number of aliphatic hydroxyl groups is 1. The Bertz CT molecular complexity index is 1340. The second-order valence-corrected chi connectivity index (χ2v) is 7.57. The van der Waals surface area contributed by atoms with Crippen LogP contribution in [0.2, 0.25) is 0 Å². The largest absolute Gasteiger partial charge is 0.573 e. The molecule has 2 aromatic heterocycles. The van der Waals surface area contributed by atoms with Crippen LogP contribution in [0.1, 0.15) is 12.0 Å². The van der Waals surface area contributed by atoms with Crippen molar-refractivity contribution >= 4 is 36.3 Å². The lowest BCUT2D eigenvalue weighted by atomic mass is 10.0. The quantitative estimate of drug-likeness (QED) is 0.424. The zero-order chi connectivity index (χ0) is 24.0. The monoisotopic (exact) mass is 455 g/mol. The van der Waals surface area contributed by atoms with Gasteiger partial charge >= 0.3 is 6.36 Å². The maximum atomic E-state index is 13.0. The van der Waals surface area contributed by atoms with Crippen LogP contribution in [0.5, 0.6) is 5.75 Å². The molecule has 0 bridgehead atoms. The van der Waals surface area contributed by atoms with Crippen LogP contribution >= 0.6 is 0 Å². The van der Waals surface area contributed by atoms with E-state index in [1.807, 2.05) is 0 Å². The number of fused-ring (bicyclic) bond motifs is 1. The van der Waals surface area contributed by atoms with Gasteiger partial charge in [0.1, 0.15) is 11.3 Å². The molecule has 1 unspecified atom stereocenters. The molecule has 3 aromatic rings. The number of hydrogen-bond acceptors (Lipinski definition) is 7. The van der Waals surface area contributed by atoms with Gasteiger partial charge in [-0.25, -0.2) is 15.0 Å². The first-order valence-electron chi connectivity index (χ1n) is 9.77. The fourth-order valence-corrected chi connectivity index (χ4v) is 3.47. The van der Waals surface area contributed by atoms with E-state index < -0.39 is 23.6 Å². The molecule has 1 atom stereocenters. The van der Waals surface area contributed by atoms with Crippen molar-refractivity contribution in [1.29, 1.82) is 0 Å². The number of nitrogens with zero attached hydrogens (tertiary/aromatic N) is 4. The van der Waals surface area contributed by atoms with Crippen LogP contribution in [-0.4, -0.2) is 64.3 Å². The molecule has 1 aromatic carbocycles. The van der Waals surface area contributed by atoms with E-state index in [-0.39, 0.29) is 34.6 Å². The highest BCUT2D eigenvalue weighted by Gasteiger charge is 2.42. The standard InChI is InChI=1S/C21H17BF3N5O3/c1-30-9-8-20(32,18(30)31)7-6-11-2-5-15(33-21(23,24)25)12(10-11)13-3-4-14-16(27-13)17(26)29-19(22)28-14/h2-5,10,32H,8-9,22H2,1H3,(H2,26,28,29). The van der Waals surface area contributed by atoms with E-state index in [0.29, 0.717) is 17.8 Å². The zero-order valence-electron chi connectivity index (χ0n) is 17.6. The van der Waals surface area contributed by atoms with E-state index >= 15 is 0 Å². The highest BCUT2D eigenvalue weighted by atomic mass is 19.4. The van der Waals surface area contributed by atoms with Gasteiger partial charge in [-0.3, -0.25) is 4.79 Å². The van der Waals surface area contributed by atoms with Gasteiger partial charge < -0.3 is 20.5 Å². The predicted octanol–water partition coefficient (Wildman–Crippen LogP) is 0.376. The molecule has 0 radical (unpaired) electrons. The van der Waals surface area contributed by atoms with Crippen LogP contribution in [0, 0.1) is 11.8 Å². The van der Waals surface area contributed by atoms with Crippen molar-refractivity contribution in [3.05, 3.63) is 35.9 Å². The summed E-state index contributed by atoms with van der Waals surface area (Å²) in [5, 5.41) is 10.5. The number of carbonyl (C=O) groups is 1. The minimum Gasteiger partial charge on any atom is -0.405 e. The molecule has 33 heavy (non-hydrogen) atoms. The third-order valence-corrected chi connectivity index (χ3v) is 5.09. The minimum absolute atomic E-state index is 0.0112. The van der Waals surface area contributed by atoms with Gasteiger partial charge in [0.05, 0.1) is 16.9 Å². The number of rotatable bonds is 2. The van der Waals surface area contributed by atoms with Crippen LogP contribution in [0.4, 0.5) is 19.0 Å². The van der Waals surface area contributed by atoms with Crippen LogP contribution in [0.15, 0.2) is 30.3 Å². The summed E-state index contributed by atoms with van der Waals surface area (Å²) in [6.45, 7) is 0.345. The molecule has 12 heteroatoms. The molecule has 0 saturated carbocycles. The van der Waals surface area contributed by atoms with Crippen molar-refractivity contribution in [3.63, 3.8) is 0 Å². The van der Waals surface area contributed by atoms with Gasteiger partial charge in [-0.2, -0.15) is 0 Å². The molecule has 3 N–H and O–H groups in total. The fourth-order valence-electron chi connectivity index (χ4n) is 3.47. The summed E-state index contributed by atoms with van der Waals surface area (Å²) in [7, 11) is 3.20. The third kappa shape index (κ3) is 4.54. The number of aromatic nitrogens is 3. The third-order valence-electron chi connectivity index (χ3n) is 5.09. The second-order valence-electron chi connectivity index (χ2n) is 7.57. The number of halogens is 3. The minimum atomic E-state index is -4.94. The number of carbonyl (C=O) groups excluding carboxylic acids is 1. The lowest BCUT2D eigenvalue weighted by molar-refractivity contribution is -0.274. The maximum Gasteiger partial charge on any atom is 0.573 e. The molecule has 0 aliphatic carbocycles. The average molecular weight is 455 g/mol. The molecule has 8 nitrogen and oxygen atoms in total. The van der Waals surface area contributed by atoms with Crippen molar-refractivity contribution in [3.8, 4) is 28.8 Å². The van der Waals surface area contributed by atoms with Crippen molar-refractivity contribution < 1.29 is 27.8 Å². The number of likely N-dealkylation sites (N-methyl/N-ethyl adjacent to an activating group) is 1. The summed E-state index contributed by atoms with van der Waals surface area (Å²) in [5.41, 5.74) is 5.53. The summed E-state index contributed by atoms with van der Waals surface area (Å²) in [5.74, 6) is 4.26. The SMILES string of the molecule is Bc1nc(N)c2nc(-c3cc(C#CC4(O)CCN(C)C4=O)ccc3OC(F)(F)F)ccc2n1. The van der Waals surface area contributed by atoms with E-state index in [1.54, 1.807) is 21.0 Å². The van der Waals surface area contributed by atoms with Gasteiger partial charge in [-0.15, -0.1) is 13.2 Å². The smallest absolute Gasteiger partial charge is 0.405 e. The number of ether oxygens (including phenoxy) is 1. The van der Waals surface area contributed by atoms with Crippen LogP contribution < -0.4 is 16.2 Å². The molecule has 1 aliphatic heterocycles. The topological polar surface area (TPSA) is 114 Å². The van der Waals surface area contributed by atoms with Gasteiger partial charge in [0.25, 0.3) is 5.91 Å². The molecule has 0 spiro atoms. The summed E-state index contributed by atoms with van der Waals surface area (Å²) < 4.78 is 43.2. The Morgan fingerprint density at radius 3 is 2.67 bits per heavy atom. The first-order chi connectivity index (χ1) is 15.4. The van der Waals surface area contributed by atoms with E-state index in [2.05, 4.69) is 31.5 Å². The molecule has 1 aliphatic rings. The van der Waals surface area contributed by atoms with Crippen molar-refractivity contribution in [2.24, 2.45) is 0 Å². The van der Waals surface area contributed by atoms with Gasteiger partial charge in [0.15, 0.2) is 13.7 Å². The lowest BCUT2D eigenvalue weighted by Crippen LogP contribution is -2.37. The van der Waals surface area contributed by atoms with Gasteiger partial charge in [-0.05, 0) is 30.3 Å². The summed E-state index contributed by atoms with van der Waals surface area (Å²) in [4.78, 5) is 26.1. The fraction of sp³-hybridized carbons (Fsp3) is 0.238. The normalized spacial score (nSPS) is 18.3. The molecule has 3 heterocycles. The molecule has 4 rings (SSSR count). The number of anilines is 1. The maximum absolute atomic E-state index is 13.0. The van der Waals surface area contributed by atoms with Gasteiger partial charge in [0, 0.05) is 31.1 Å². The van der Waals surface area contributed by atoms with Gasteiger partial charge in [-0.1, -0.05) is 11.8 Å². The number of benzene rings is 1. The van der Waals surface area contributed by atoms with E-state index in [4.69, 9.17) is 5.73 Å². The molecule has 168 valence electrons. The number of likely N-dealkylation sites (tertiary alicyclic amines) is 1. The Kier molecular flexibility index (Phi) is 5.37. The van der Waals surface area contributed by atoms with Crippen LogP contribution in [-0.2, 0) is 4.79 Å². The average Bonchev–Trinajstić information content (AvgIpc) is 2.99. The van der Waals surface area contributed by atoms with Crippen LogP contribution in [0.25, 0.3) is 22.3 Å². The number of hydrogen-bond donors (Lipinski definition) is 2. The number of nitrogens with two attached hydrogens (primary N) is 1. The van der Waals surface area contributed by atoms with E-state index in [0.717, 1.165) is 6.07 Å². The number of nitrogen functional groups attached to an aromatic ring is 1. The van der Waals surface area contributed by atoms with E-state index in [9.17, 15) is 23.1 Å². The Hall–Kier alpha value is -3.85. The Labute approximate surface area is 187 Å². The van der Waals surface area contributed by atoms with Crippen molar-refractivity contribution in [2.45, 2.75) is 18.4 Å². The van der Waals surface area contributed by atoms with Gasteiger partial charge in [0.2, 0.25) is 5.60 Å². The summed E-state index contributed by atoms with van der Waals surface area (Å²) in [6.07, 6.45) is -4.81. The molecule has 1 amide bonds. The van der Waals surface area contributed by atoms with E-state index in [1.165, 1.54) is 23.1 Å². The second kappa shape index (κ2) is 7.93. The zero-order valence-corrected chi connectivity index (χ0v) is 17.6. The first kappa shape index (κ1) is 22.4. The highest BCUT2D eigenvalue weighted by molar-refractivity contribution is 6.29. The lowest BCUT2D eigenvalue weighted by Gasteiger charge is -2.15. The Balaban J connectivity index is 1.81. The summed E-state index contributed by atoms with van der Waals surface area (Å²) in [6, 6.07) is 6.77. The number of pyridine rings is 1. The number of amides is 1. The highest BCUT2D eigenvalue weighted by Crippen LogP contribution is 2.35. The van der Waals surface area contributed by atoms with Crippen molar-refractivity contribution in [2.75, 3.05) is 19.3 Å². The van der Waals surface area contributed by atoms with Crippen molar-refractivity contribution in [1.82, 2.24) is 19.9 Å². The Morgan fingerprint density at radius 2 is 2.00 bits per heavy atom. The summed E-state index contributed by atoms with van der Waals surface area (Å²) >= 11 is 0. The molecular weight excluding hydrogens is 438 g/mol. The number of alkyl halides is 3. The molecular formula is C21H17BF3N5O3. The predicted molar refractivity (Wildman–Crippen MR) is 116 cm³/mol. The van der Waals surface area contributed by atoms with Crippen LogP contribution in [0.3, 0.4) is 0 Å². The Morgan fingerprint density at radius 1 is 1.24 bits per heavy atom. The molecule has 1 fully saturated rings. The molecule has 1 saturated heterocycles. The first-order valence-corrected chi connectivity index (χ1v) is 9.77.